The van der Waals surface area contributed by atoms with E-state index in [1.54, 1.807) is 0 Å². The zero-order valence-corrected chi connectivity index (χ0v) is 6.78. The fourth-order valence-electron chi connectivity index (χ4n) is 1.18. The lowest BCUT2D eigenvalue weighted by Gasteiger charge is -2.38. The summed E-state index contributed by atoms with van der Waals surface area (Å²) in [6, 6.07) is 0. The normalized spacial score (nSPS) is 46.4. The molecule has 1 aliphatic heterocycles. The largest absolute Gasteiger partial charge is 0.394 e. The molecule has 6 N–H and O–H groups in total. The maximum absolute atomic E-state index is 9.23. The van der Waals surface area contributed by atoms with E-state index < -0.39 is 37.3 Å². The van der Waals surface area contributed by atoms with Gasteiger partial charge in [-0.05, 0) is 0 Å². The highest BCUT2D eigenvalue weighted by molar-refractivity contribution is 4.88. The SMILES string of the molecule is NOC1O[C@H](CO)[C@H](O)[C@@H](O)[C@@H]1O. The smallest absolute Gasteiger partial charge is 0.206 e. The molecule has 0 radical (unpaired) electrons. The molecule has 0 saturated carbocycles. The van der Waals surface area contributed by atoms with Gasteiger partial charge in [0.25, 0.3) is 0 Å². The molecule has 5 atom stereocenters. The average Bonchev–Trinajstić information content (AvgIpc) is 2.15. The minimum atomic E-state index is -1.44. The van der Waals surface area contributed by atoms with Crippen molar-refractivity contribution in [2.75, 3.05) is 6.61 Å². The minimum absolute atomic E-state index is 0.495. The highest BCUT2D eigenvalue weighted by Crippen LogP contribution is 2.20. The Balaban J connectivity index is 2.66. The van der Waals surface area contributed by atoms with Crippen LogP contribution in [0.2, 0.25) is 0 Å². The van der Waals surface area contributed by atoms with E-state index in [9.17, 15) is 15.3 Å². The van der Waals surface area contributed by atoms with Crippen LogP contribution in [0, 0.1) is 0 Å². The fraction of sp³-hybridized carbons (Fsp3) is 1.00. The van der Waals surface area contributed by atoms with Gasteiger partial charge in [-0.3, -0.25) is 4.84 Å². The Hall–Kier alpha value is -0.280. The molecule has 0 amide bonds. The predicted octanol–water partition coefficient (Wildman–Crippen LogP) is -3.32. The quantitative estimate of drug-likeness (QED) is 0.292. The number of ether oxygens (including phenoxy) is 1. The van der Waals surface area contributed by atoms with Gasteiger partial charge in [0.05, 0.1) is 6.61 Å². The Labute approximate surface area is 74.3 Å². The molecule has 13 heavy (non-hydrogen) atoms. The molecule has 0 aliphatic carbocycles. The van der Waals surface area contributed by atoms with Gasteiger partial charge in [-0.1, -0.05) is 0 Å². The van der Waals surface area contributed by atoms with Crippen LogP contribution >= 0.6 is 0 Å². The summed E-state index contributed by atoms with van der Waals surface area (Å²) < 4.78 is 4.82. The van der Waals surface area contributed by atoms with Crippen LogP contribution in [0.3, 0.4) is 0 Å². The van der Waals surface area contributed by atoms with E-state index in [0.29, 0.717) is 0 Å². The molecule has 0 bridgehead atoms. The number of aliphatic hydroxyl groups excluding tert-OH is 4. The van der Waals surface area contributed by atoms with E-state index in [-0.39, 0.29) is 0 Å². The number of nitrogens with two attached hydrogens (primary N) is 1. The van der Waals surface area contributed by atoms with Gasteiger partial charge in [0, 0.05) is 0 Å². The van der Waals surface area contributed by atoms with Crippen molar-refractivity contribution >= 4 is 0 Å². The van der Waals surface area contributed by atoms with Gasteiger partial charge in [0.15, 0.2) is 0 Å². The molecule has 78 valence electrons. The highest BCUT2D eigenvalue weighted by atomic mass is 16.8. The number of rotatable bonds is 2. The molecule has 1 aliphatic rings. The van der Waals surface area contributed by atoms with Crippen molar-refractivity contribution in [1.29, 1.82) is 0 Å². The second-order valence-electron chi connectivity index (χ2n) is 2.83. The molecule has 0 aromatic heterocycles. The zero-order valence-electron chi connectivity index (χ0n) is 6.78. The van der Waals surface area contributed by atoms with Crippen LogP contribution in [0.5, 0.6) is 0 Å². The Morgan fingerprint density at radius 3 is 2.23 bits per heavy atom. The predicted molar refractivity (Wildman–Crippen MR) is 39.0 cm³/mol. The zero-order chi connectivity index (χ0) is 10.0. The molecule has 1 unspecified atom stereocenters. The maximum Gasteiger partial charge on any atom is 0.206 e. The van der Waals surface area contributed by atoms with Gasteiger partial charge in [-0.2, -0.15) is 0 Å². The Morgan fingerprint density at radius 1 is 1.15 bits per heavy atom. The van der Waals surface area contributed by atoms with Crippen LogP contribution in [0.1, 0.15) is 0 Å². The lowest BCUT2D eigenvalue weighted by molar-refractivity contribution is -0.302. The first-order chi connectivity index (χ1) is 6.11. The second kappa shape index (κ2) is 4.29. The van der Waals surface area contributed by atoms with E-state index in [2.05, 4.69) is 4.84 Å². The summed E-state index contributed by atoms with van der Waals surface area (Å²) in [4.78, 5) is 4.20. The molecule has 0 aromatic rings. The second-order valence-corrected chi connectivity index (χ2v) is 2.83. The Morgan fingerprint density at radius 2 is 1.77 bits per heavy atom. The molecule has 1 saturated heterocycles. The Kier molecular flexibility index (Phi) is 3.56. The van der Waals surface area contributed by atoms with Gasteiger partial charge >= 0.3 is 0 Å². The summed E-state index contributed by atoms with van der Waals surface area (Å²) in [5.74, 6) is 4.76. The van der Waals surface area contributed by atoms with Crippen molar-refractivity contribution in [3.8, 4) is 0 Å². The molecule has 1 heterocycles. The van der Waals surface area contributed by atoms with Crippen molar-refractivity contribution in [1.82, 2.24) is 0 Å². The lowest BCUT2D eigenvalue weighted by atomic mass is 9.99. The molecule has 7 nitrogen and oxygen atoms in total. The van der Waals surface area contributed by atoms with Crippen molar-refractivity contribution in [2.45, 2.75) is 30.7 Å². The van der Waals surface area contributed by atoms with Crippen LogP contribution < -0.4 is 5.90 Å². The van der Waals surface area contributed by atoms with Crippen molar-refractivity contribution < 1.29 is 30.0 Å². The maximum atomic E-state index is 9.23. The average molecular weight is 195 g/mol. The summed E-state index contributed by atoms with van der Waals surface area (Å²) in [7, 11) is 0. The third kappa shape index (κ3) is 1.97. The molecule has 7 heteroatoms. The first kappa shape index (κ1) is 10.8. The molecule has 0 spiro atoms. The van der Waals surface area contributed by atoms with E-state index >= 15 is 0 Å². The van der Waals surface area contributed by atoms with Gasteiger partial charge < -0.3 is 25.2 Å². The first-order valence-corrected chi connectivity index (χ1v) is 3.78. The standard InChI is InChI=1S/C6H13NO6/c7-13-6-5(11)4(10)3(9)2(1-8)12-6/h2-6,8-11H,1,7H2/t2-,3+,4-,5+,6?/m1/s1. The van der Waals surface area contributed by atoms with Crippen molar-refractivity contribution in [3.63, 3.8) is 0 Å². The Bertz CT molecular complexity index is 147. The van der Waals surface area contributed by atoms with Gasteiger partial charge in [0.1, 0.15) is 24.4 Å². The van der Waals surface area contributed by atoms with E-state index in [1.165, 1.54) is 0 Å². The highest BCUT2D eigenvalue weighted by Gasteiger charge is 2.43. The molecule has 1 fully saturated rings. The third-order valence-electron chi connectivity index (χ3n) is 1.98. The summed E-state index contributed by atoms with van der Waals surface area (Å²) >= 11 is 0. The number of hydrogen-bond donors (Lipinski definition) is 5. The summed E-state index contributed by atoms with van der Waals surface area (Å²) in [5.41, 5.74) is 0. The summed E-state index contributed by atoms with van der Waals surface area (Å²) in [6.07, 6.45) is -6.48. The van der Waals surface area contributed by atoms with Gasteiger partial charge in [0.2, 0.25) is 6.29 Å². The first-order valence-electron chi connectivity index (χ1n) is 3.78. The number of hydrogen-bond acceptors (Lipinski definition) is 7. The van der Waals surface area contributed by atoms with E-state index in [0.717, 1.165) is 0 Å². The molecule has 1 rings (SSSR count). The van der Waals surface area contributed by atoms with Crippen LogP contribution in [0.25, 0.3) is 0 Å². The monoisotopic (exact) mass is 195 g/mol. The van der Waals surface area contributed by atoms with E-state index in [1.807, 2.05) is 0 Å². The van der Waals surface area contributed by atoms with Crippen molar-refractivity contribution in [2.24, 2.45) is 5.90 Å². The van der Waals surface area contributed by atoms with Crippen molar-refractivity contribution in [3.05, 3.63) is 0 Å². The fourth-order valence-corrected chi connectivity index (χ4v) is 1.18. The van der Waals surface area contributed by atoms with Gasteiger partial charge in [-0.25, -0.2) is 5.90 Å². The number of aliphatic hydroxyl groups is 4. The summed E-state index contributed by atoms with van der Waals surface area (Å²) in [5, 5.41) is 36.4. The van der Waals surface area contributed by atoms with Crippen LogP contribution in [-0.4, -0.2) is 57.7 Å². The third-order valence-corrected chi connectivity index (χ3v) is 1.98. The minimum Gasteiger partial charge on any atom is -0.394 e. The van der Waals surface area contributed by atoms with E-state index in [4.69, 9.17) is 15.7 Å². The summed E-state index contributed by atoms with van der Waals surface area (Å²) in [6.45, 7) is -0.495. The topological polar surface area (TPSA) is 125 Å². The van der Waals surface area contributed by atoms with Crippen LogP contribution in [-0.2, 0) is 9.57 Å². The van der Waals surface area contributed by atoms with Crippen LogP contribution in [0.4, 0.5) is 0 Å². The lowest BCUT2D eigenvalue weighted by Crippen LogP contribution is -2.59. The van der Waals surface area contributed by atoms with Crippen LogP contribution in [0.15, 0.2) is 0 Å². The molecular formula is C6H13NO6. The van der Waals surface area contributed by atoms with Gasteiger partial charge in [-0.15, -0.1) is 0 Å². The molecule has 0 aromatic carbocycles. The molecular weight excluding hydrogens is 182 g/mol.